The van der Waals surface area contributed by atoms with E-state index in [1.807, 2.05) is 48.5 Å². The number of hydrogen-bond acceptors (Lipinski definition) is 6. The number of likely N-dealkylation sites (tertiary alicyclic amines) is 1. The fourth-order valence-corrected chi connectivity index (χ4v) is 5.78. The van der Waals surface area contributed by atoms with E-state index in [0.29, 0.717) is 18.4 Å². The van der Waals surface area contributed by atoms with Crippen LogP contribution in [0.4, 0.5) is 0 Å². The van der Waals surface area contributed by atoms with Gasteiger partial charge in [0.1, 0.15) is 18.1 Å². The number of carboxylic acids is 2. The predicted molar refractivity (Wildman–Crippen MR) is 160 cm³/mol. The molecule has 13 nitrogen and oxygen atoms in total. The van der Waals surface area contributed by atoms with Crippen molar-refractivity contribution in [1.82, 2.24) is 25.5 Å². The van der Waals surface area contributed by atoms with E-state index in [9.17, 15) is 29.1 Å². The molecule has 1 saturated heterocycles. The first-order chi connectivity index (χ1) is 21.1. The molecule has 0 aliphatic carbocycles. The van der Waals surface area contributed by atoms with Gasteiger partial charge in [-0.15, -0.1) is 0 Å². The van der Waals surface area contributed by atoms with Crippen LogP contribution in [0.15, 0.2) is 60.9 Å². The lowest BCUT2D eigenvalue weighted by atomic mass is 10.0. The molecule has 2 aromatic carbocycles. The summed E-state index contributed by atoms with van der Waals surface area (Å²) in [5, 5.41) is 26.1. The van der Waals surface area contributed by atoms with Gasteiger partial charge in [-0.3, -0.25) is 19.2 Å². The number of nitrogens with zero attached hydrogens (tertiary/aromatic N) is 1. The zero-order chi connectivity index (χ0) is 31.4. The third kappa shape index (κ3) is 6.57. The second-order valence-corrected chi connectivity index (χ2v) is 11.0. The van der Waals surface area contributed by atoms with Crippen molar-refractivity contribution >= 4 is 51.5 Å². The lowest BCUT2D eigenvalue weighted by molar-refractivity contribution is -0.144. The van der Waals surface area contributed by atoms with E-state index >= 15 is 0 Å². The smallest absolute Gasteiger partial charge is 0.326 e. The summed E-state index contributed by atoms with van der Waals surface area (Å²) in [5.41, 5.74) is 8.90. The summed E-state index contributed by atoms with van der Waals surface area (Å²) in [6.07, 6.45) is 3.70. The number of hydrogen-bond donors (Lipinski definition) is 7. The molecule has 8 N–H and O–H groups in total. The molecule has 0 radical (unpaired) electrons. The number of aromatic amines is 2. The molecule has 0 bridgehead atoms. The summed E-state index contributed by atoms with van der Waals surface area (Å²) in [7, 11) is 0. The van der Waals surface area contributed by atoms with Gasteiger partial charge in [0.2, 0.25) is 17.7 Å². The quantitative estimate of drug-likeness (QED) is 0.125. The van der Waals surface area contributed by atoms with Crippen LogP contribution in [0.1, 0.15) is 30.4 Å². The summed E-state index contributed by atoms with van der Waals surface area (Å²) >= 11 is 0. The Hall–Kier alpha value is -5.17. The molecule has 0 spiro atoms. The molecule has 1 aliphatic heterocycles. The minimum Gasteiger partial charge on any atom is -0.481 e. The molecular formula is C31H34N6O7. The lowest BCUT2D eigenvalue weighted by Gasteiger charge is -2.28. The first kappa shape index (κ1) is 30.3. The van der Waals surface area contributed by atoms with Crippen LogP contribution in [-0.2, 0) is 36.8 Å². The molecule has 5 rings (SSSR count). The zero-order valence-corrected chi connectivity index (χ0v) is 23.8. The summed E-state index contributed by atoms with van der Waals surface area (Å²) in [5.74, 6) is -4.44. The Bertz CT molecular complexity index is 1710. The predicted octanol–water partition coefficient (Wildman–Crippen LogP) is 1.28. The highest BCUT2D eigenvalue weighted by molar-refractivity contribution is 5.96. The van der Waals surface area contributed by atoms with Gasteiger partial charge in [-0.2, -0.15) is 0 Å². The Balaban J connectivity index is 1.37. The molecule has 230 valence electrons. The van der Waals surface area contributed by atoms with Gasteiger partial charge in [-0.05, 0) is 36.1 Å². The highest BCUT2D eigenvalue weighted by atomic mass is 16.4. The van der Waals surface area contributed by atoms with Crippen LogP contribution in [-0.4, -0.2) is 85.5 Å². The molecule has 1 aliphatic rings. The topological polar surface area (TPSA) is 211 Å². The number of amides is 3. The maximum Gasteiger partial charge on any atom is 0.326 e. The average Bonchev–Trinajstić information content (AvgIpc) is 3.75. The molecule has 2 aromatic heterocycles. The first-order valence-corrected chi connectivity index (χ1v) is 14.3. The van der Waals surface area contributed by atoms with Crippen molar-refractivity contribution in [2.75, 3.05) is 6.54 Å². The maximum atomic E-state index is 13.7. The fraction of sp³-hybridized carbons (Fsp3) is 0.323. The Labute approximate surface area is 251 Å². The van der Waals surface area contributed by atoms with Crippen molar-refractivity contribution in [3.63, 3.8) is 0 Å². The Morgan fingerprint density at radius 1 is 0.864 bits per heavy atom. The van der Waals surface area contributed by atoms with Gasteiger partial charge in [-0.1, -0.05) is 36.4 Å². The Morgan fingerprint density at radius 2 is 1.43 bits per heavy atom. The third-order valence-electron chi connectivity index (χ3n) is 8.00. The molecule has 4 aromatic rings. The Kier molecular flexibility index (Phi) is 8.95. The minimum atomic E-state index is -1.31. The van der Waals surface area contributed by atoms with Crippen LogP contribution in [0, 0.1) is 0 Å². The monoisotopic (exact) mass is 602 g/mol. The van der Waals surface area contributed by atoms with Gasteiger partial charge in [0.25, 0.3) is 0 Å². The fourth-order valence-electron chi connectivity index (χ4n) is 5.78. The molecule has 3 amide bonds. The molecule has 44 heavy (non-hydrogen) atoms. The molecular weight excluding hydrogens is 568 g/mol. The summed E-state index contributed by atoms with van der Waals surface area (Å²) in [4.78, 5) is 71.1. The number of carboxylic acid groups (broad SMARTS) is 2. The van der Waals surface area contributed by atoms with E-state index in [1.54, 1.807) is 12.4 Å². The van der Waals surface area contributed by atoms with E-state index in [0.717, 1.165) is 27.4 Å². The number of aliphatic carboxylic acids is 2. The SMILES string of the molecule is NC(CC(=O)O)C(=O)N1CCCC1C(=O)NC(Cc1c[nH]c2ccccc12)C(=O)NC(Cc1c[nH]c2ccccc12)C(=O)O. The highest BCUT2D eigenvalue weighted by Crippen LogP contribution is 2.23. The standard InChI is InChI=1S/C31H34N6O7/c32-21(14-27(38)39)30(42)37-11-5-10-26(37)29(41)35-24(12-17-15-33-22-8-3-1-6-19(17)22)28(40)36-25(31(43)44)13-18-16-34-23-9-4-2-7-20(18)23/h1-4,6-9,15-16,21,24-26,33-34H,5,10-14,32H2,(H,35,41)(H,36,40)(H,38,39)(H,43,44). The normalized spacial score (nSPS) is 16.8. The van der Waals surface area contributed by atoms with E-state index in [-0.39, 0.29) is 19.4 Å². The van der Waals surface area contributed by atoms with Crippen LogP contribution in [0.3, 0.4) is 0 Å². The van der Waals surface area contributed by atoms with Crippen molar-refractivity contribution in [1.29, 1.82) is 0 Å². The number of benzene rings is 2. The molecule has 4 unspecified atom stereocenters. The number of carbonyl (C=O) groups excluding carboxylic acids is 3. The van der Waals surface area contributed by atoms with Crippen molar-refractivity contribution in [2.45, 2.75) is 56.3 Å². The number of aromatic nitrogens is 2. The number of nitrogens with two attached hydrogens (primary N) is 1. The van der Waals surface area contributed by atoms with Crippen molar-refractivity contribution in [3.05, 3.63) is 72.1 Å². The number of para-hydroxylation sites is 2. The lowest BCUT2D eigenvalue weighted by Crippen LogP contribution is -2.57. The van der Waals surface area contributed by atoms with Crippen LogP contribution >= 0.6 is 0 Å². The molecule has 3 heterocycles. The number of nitrogens with one attached hydrogen (secondary N) is 4. The summed E-state index contributed by atoms with van der Waals surface area (Å²) < 4.78 is 0. The highest BCUT2D eigenvalue weighted by Gasteiger charge is 2.38. The molecule has 4 atom stereocenters. The number of H-pyrrole nitrogens is 2. The van der Waals surface area contributed by atoms with Crippen molar-refractivity contribution in [3.8, 4) is 0 Å². The molecule has 13 heteroatoms. The molecule has 0 saturated carbocycles. The second kappa shape index (κ2) is 13.0. The zero-order valence-electron chi connectivity index (χ0n) is 23.8. The van der Waals surface area contributed by atoms with E-state index in [2.05, 4.69) is 20.6 Å². The minimum absolute atomic E-state index is 0.00517. The first-order valence-electron chi connectivity index (χ1n) is 14.3. The van der Waals surface area contributed by atoms with Crippen LogP contribution in [0.25, 0.3) is 21.8 Å². The summed E-state index contributed by atoms with van der Waals surface area (Å²) in [6.45, 7) is 0.218. The van der Waals surface area contributed by atoms with E-state index in [4.69, 9.17) is 10.8 Å². The number of rotatable bonds is 12. The van der Waals surface area contributed by atoms with Crippen LogP contribution in [0.5, 0.6) is 0 Å². The van der Waals surface area contributed by atoms with Gasteiger partial charge in [-0.25, -0.2) is 4.79 Å². The second-order valence-electron chi connectivity index (χ2n) is 11.0. The van der Waals surface area contributed by atoms with Gasteiger partial charge in [0.15, 0.2) is 0 Å². The number of carbonyl (C=O) groups is 5. The van der Waals surface area contributed by atoms with Crippen LogP contribution in [0.2, 0.25) is 0 Å². The number of fused-ring (bicyclic) bond motifs is 2. The van der Waals surface area contributed by atoms with Gasteiger partial charge >= 0.3 is 11.9 Å². The third-order valence-corrected chi connectivity index (χ3v) is 8.00. The molecule has 1 fully saturated rings. The maximum absolute atomic E-state index is 13.7. The van der Waals surface area contributed by atoms with Gasteiger partial charge in [0, 0.05) is 53.6 Å². The largest absolute Gasteiger partial charge is 0.481 e. The van der Waals surface area contributed by atoms with Gasteiger partial charge in [0.05, 0.1) is 12.5 Å². The van der Waals surface area contributed by atoms with Crippen LogP contribution < -0.4 is 16.4 Å². The van der Waals surface area contributed by atoms with Crippen molar-refractivity contribution < 1.29 is 34.2 Å². The van der Waals surface area contributed by atoms with E-state index < -0.39 is 60.2 Å². The van der Waals surface area contributed by atoms with Crippen molar-refractivity contribution in [2.24, 2.45) is 5.73 Å². The summed E-state index contributed by atoms with van der Waals surface area (Å²) in [6, 6.07) is 10.1. The Morgan fingerprint density at radius 3 is 2.00 bits per heavy atom. The van der Waals surface area contributed by atoms with E-state index in [1.165, 1.54) is 4.90 Å². The average molecular weight is 603 g/mol. The van der Waals surface area contributed by atoms with Gasteiger partial charge < -0.3 is 41.4 Å².